The molecule has 6 nitrogen and oxygen atoms in total. The molecule has 2 aromatic rings. The van der Waals surface area contributed by atoms with Crippen molar-refractivity contribution in [2.75, 3.05) is 11.9 Å². The van der Waals surface area contributed by atoms with Crippen molar-refractivity contribution < 1.29 is 23.5 Å². The molecule has 0 heterocycles. The number of carbonyl (C=O) groups excluding carboxylic acids is 3. The number of hydrogen-bond donors (Lipinski definition) is 2. The molecular formula is C16H12ClFN2O4. The molecule has 0 aromatic heterocycles. The number of rotatable bonds is 5. The van der Waals surface area contributed by atoms with E-state index in [-0.39, 0.29) is 21.8 Å². The topological polar surface area (TPSA) is 98.5 Å². The van der Waals surface area contributed by atoms with Crippen LogP contribution in [0.25, 0.3) is 0 Å². The lowest BCUT2D eigenvalue weighted by Gasteiger charge is -2.08. The molecule has 0 aliphatic heterocycles. The number of halogens is 2. The molecule has 24 heavy (non-hydrogen) atoms. The van der Waals surface area contributed by atoms with Crippen LogP contribution in [-0.2, 0) is 9.53 Å². The fourth-order valence-corrected chi connectivity index (χ4v) is 1.92. The second-order valence-electron chi connectivity index (χ2n) is 4.69. The van der Waals surface area contributed by atoms with E-state index in [1.807, 2.05) is 0 Å². The Balaban J connectivity index is 1.91. The Morgan fingerprint density at radius 1 is 1.08 bits per heavy atom. The van der Waals surface area contributed by atoms with Gasteiger partial charge in [-0.25, -0.2) is 9.18 Å². The number of nitrogens with one attached hydrogen (secondary N) is 1. The van der Waals surface area contributed by atoms with Crippen LogP contribution in [0.1, 0.15) is 20.7 Å². The minimum atomic E-state index is -0.766. The van der Waals surface area contributed by atoms with Gasteiger partial charge in [0.15, 0.2) is 6.61 Å². The summed E-state index contributed by atoms with van der Waals surface area (Å²) in [5.41, 5.74) is 5.39. The lowest BCUT2D eigenvalue weighted by Crippen LogP contribution is -2.21. The standard InChI is InChI=1S/C16H12ClFN2O4/c17-11-5-6-13(12(18)7-11)20-14(21)8-24-16(23)10-3-1-9(2-4-10)15(19)22/h1-7H,8H2,(H2,19,22)(H,20,21). The van der Waals surface area contributed by atoms with Crippen molar-refractivity contribution in [1.29, 1.82) is 0 Å². The summed E-state index contributed by atoms with van der Waals surface area (Å²) in [6, 6.07) is 9.17. The van der Waals surface area contributed by atoms with Crippen molar-refractivity contribution in [3.05, 3.63) is 64.4 Å². The number of nitrogens with two attached hydrogens (primary N) is 1. The molecule has 0 spiro atoms. The van der Waals surface area contributed by atoms with Crippen molar-refractivity contribution in [2.24, 2.45) is 5.73 Å². The summed E-state index contributed by atoms with van der Waals surface area (Å²) in [5.74, 6) is -2.81. The predicted octanol–water partition coefficient (Wildman–Crippen LogP) is 2.37. The van der Waals surface area contributed by atoms with E-state index in [4.69, 9.17) is 22.1 Å². The van der Waals surface area contributed by atoms with Crippen LogP contribution in [0.3, 0.4) is 0 Å². The number of amides is 2. The zero-order chi connectivity index (χ0) is 17.7. The molecule has 2 aromatic carbocycles. The zero-order valence-electron chi connectivity index (χ0n) is 12.2. The molecule has 2 amide bonds. The van der Waals surface area contributed by atoms with Crippen molar-refractivity contribution in [3.8, 4) is 0 Å². The van der Waals surface area contributed by atoms with Crippen LogP contribution in [0.5, 0.6) is 0 Å². The average Bonchev–Trinajstić information content (AvgIpc) is 2.55. The predicted molar refractivity (Wildman–Crippen MR) is 85.3 cm³/mol. The first-order chi connectivity index (χ1) is 11.4. The highest BCUT2D eigenvalue weighted by atomic mass is 35.5. The molecule has 3 N–H and O–H groups in total. The summed E-state index contributed by atoms with van der Waals surface area (Å²) in [7, 11) is 0. The second-order valence-corrected chi connectivity index (χ2v) is 5.13. The molecule has 0 radical (unpaired) electrons. The minimum absolute atomic E-state index is 0.0775. The monoisotopic (exact) mass is 350 g/mol. The number of carbonyl (C=O) groups is 3. The van der Waals surface area contributed by atoms with Gasteiger partial charge in [0.1, 0.15) is 5.82 Å². The van der Waals surface area contributed by atoms with Gasteiger partial charge >= 0.3 is 5.97 Å². The SMILES string of the molecule is NC(=O)c1ccc(C(=O)OCC(=O)Nc2ccc(Cl)cc2F)cc1. The van der Waals surface area contributed by atoms with Crippen molar-refractivity contribution in [1.82, 2.24) is 0 Å². The summed E-state index contributed by atoms with van der Waals surface area (Å²) in [6.45, 7) is -0.599. The van der Waals surface area contributed by atoms with Crippen LogP contribution in [0.15, 0.2) is 42.5 Å². The highest BCUT2D eigenvalue weighted by molar-refractivity contribution is 6.30. The van der Waals surface area contributed by atoms with Crippen LogP contribution in [0, 0.1) is 5.82 Å². The second kappa shape index (κ2) is 7.56. The van der Waals surface area contributed by atoms with E-state index in [0.29, 0.717) is 0 Å². The minimum Gasteiger partial charge on any atom is -0.452 e. The Morgan fingerprint density at radius 3 is 2.29 bits per heavy atom. The highest BCUT2D eigenvalue weighted by Gasteiger charge is 2.12. The van der Waals surface area contributed by atoms with E-state index in [0.717, 1.165) is 6.07 Å². The van der Waals surface area contributed by atoms with E-state index in [1.54, 1.807) is 0 Å². The lowest BCUT2D eigenvalue weighted by atomic mass is 10.1. The Hall–Kier alpha value is -2.93. The van der Waals surface area contributed by atoms with E-state index < -0.39 is 30.2 Å². The van der Waals surface area contributed by atoms with Crippen LogP contribution < -0.4 is 11.1 Å². The van der Waals surface area contributed by atoms with Crippen LogP contribution >= 0.6 is 11.6 Å². The Labute approximate surface area is 141 Å². The fourth-order valence-electron chi connectivity index (χ4n) is 1.76. The molecule has 0 fully saturated rings. The molecule has 8 heteroatoms. The normalized spacial score (nSPS) is 10.1. The number of esters is 1. The molecule has 0 saturated heterocycles. The van der Waals surface area contributed by atoms with Crippen molar-refractivity contribution in [3.63, 3.8) is 0 Å². The van der Waals surface area contributed by atoms with Gasteiger partial charge in [-0.3, -0.25) is 9.59 Å². The number of anilines is 1. The maximum absolute atomic E-state index is 13.5. The molecule has 0 aliphatic rings. The van der Waals surface area contributed by atoms with Gasteiger partial charge < -0.3 is 15.8 Å². The van der Waals surface area contributed by atoms with E-state index in [9.17, 15) is 18.8 Å². The Morgan fingerprint density at radius 2 is 1.71 bits per heavy atom. The molecule has 2 rings (SSSR count). The third kappa shape index (κ3) is 4.53. The number of hydrogen-bond acceptors (Lipinski definition) is 4. The summed E-state index contributed by atoms with van der Waals surface area (Å²) in [5, 5.41) is 2.45. The maximum Gasteiger partial charge on any atom is 0.338 e. The van der Waals surface area contributed by atoms with E-state index >= 15 is 0 Å². The quantitative estimate of drug-likeness (QED) is 0.809. The summed E-state index contributed by atoms with van der Waals surface area (Å²) < 4.78 is 18.3. The zero-order valence-corrected chi connectivity index (χ0v) is 13.0. The van der Waals surface area contributed by atoms with E-state index in [2.05, 4.69) is 5.32 Å². The summed E-state index contributed by atoms with van der Waals surface area (Å²) in [4.78, 5) is 34.4. The molecule has 0 saturated carbocycles. The Kier molecular flexibility index (Phi) is 5.49. The first-order valence-electron chi connectivity index (χ1n) is 6.68. The van der Waals surface area contributed by atoms with Gasteiger partial charge in [-0.05, 0) is 42.5 Å². The lowest BCUT2D eigenvalue weighted by molar-refractivity contribution is -0.119. The fraction of sp³-hybridized carbons (Fsp3) is 0.0625. The van der Waals surface area contributed by atoms with Gasteiger partial charge in [-0.1, -0.05) is 11.6 Å². The van der Waals surface area contributed by atoms with Crippen molar-refractivity contribution in [2.45, 2.75) is 0 Å². The van der Waals surface area contributed by atoms with Crippen LogP contribution in [0.2, 0.25) is 5.02 Å². The first-order valence-corrected chi connectivity index (χ1v) is 7.06. The molecule has 124 valence electrons. The smallest absolute Gasteiger partial charge is 0.338 e. The number of benzene rings is 2. The number of ether oxygens (including phenoxy) is 1. The largest absolute Gasteiger partial charge is 0.452 e. The van der Waals surface area contributed by atoms with Gasteiger partial charge in [0.05, 0.1) is 11.3 Å². The van der Waals surface area contributed by atoms with Crippen LogP contribution in [-0.4, -0.2) is 24.4 Å². The maximum atomic E-state index is 13.5. The van der Waals surface area contributed by atoms with Crippen LogP contribution in [0.4, 0.5) is 10.1 Å². The molecule has 0 unspecified atom stereocenters. The molecular weight excluding hydrogens is 339 g/mol. The molecule has 0 atom stereocenters. The average molecular weight is 351 g/mol. The van der Waals surface area contributed by atoms with Gasteiger partial charge in [-0.15, -0.1) is 0 Å². The molecule has 0 bridgehead atoms. The van der Waals surface area contributed by atoms with Gasteiger partial charge in [0, 0.05) is 10.6 Å². The Bertz CT molecular complexity index is 793. The number of primary amides is 1. The third-order valence-corrected chi connectivity index (χ3v) is 3.18. The van der Waals surface area contributed by atoms with Gasteiger partial charge in [0.25, 0.3) is 5.91 Å². The summed E-state index contributed by atoms with van der Waals surface area (Å²) in [6.07, 6.45) is 0. The van der Waals surface area contributed by atoms with Crippen molar-refractivity contribution >= 4 is 35.1 Å². The summed E-state index contributed by atoms with van der Waals surface area (Å²) >= 11 is 5.60. The van der Waals surface area contributed by atoms with Gasteiger partial charge in [-0.2, -0.15) is 0 Å². The van der Waals surface area contributed by atoms with Gasteiger partial charge in [0.2, 0.25) is 5.91 Å². The first kappa shape index (κ1) is 17.4. The van der Waals surface area contributed by atoms with E-state index in [1.165, 1.54) is 36.4 Å². The molecule has 0 aliphatic carbocycles. The third-order valence-electron chi connectivity index (χ3n) is 2.94. The highest BCUT2D eigenvalue weighted by Crippen LogP contribution is 2.18.